The van der Waals surface area contributed by atoms with Crippen LogP contribution in [0.5, 0.6) is 5.75 Å². The molecule has 0 aliphatic carbocycles. The lowest BCUT2D eigenvalue weighted by atomic mass is 9.99. The predicted molar refractivity (Wildman–Crippen MR) is 86.7 cm³/mol. The molecule has 1 aromatic rings. The van der Waals surface area contributed by atoms with Gasteiger partial charge in [0.05, 0.1) is 7.11 Å². The molecular formula is C18H28N2O. The molecule has 0 amide bonds. The number of methoxy groups -OCH3 is 1. The van der Waals surface area contributed by atoms with Crippen molar-refractivity contribution in [1.29, 1.82) is 0 Å². The zero-order valence-corrected chi connectivity index (χ0v) is 13.3. The molecule has 3 heteroatoms. The van der Waals surface area contributed by atoms with Crippen LogP contribution < -0.4 is 4.74 Å². The Bertz CT molecular complexity index is 417. The van der Waals surface area contributed by atoms with Crippen molar-refractivity contribution < 1.29 is 4.74 Å². The van der Waals surface area contributed by atoms with E-state index in [9.17, 15) is 0 Å². The van der Waals surface area contributed by atoms with Crippen molar-refractivity contribution in [2.24, 2.45) is 0 Å². The van der Waals surface area contributed by atoms with Gasteiger partial charge in [-0.05, 0) is 69.6 Å². The van der Waals surface area contributed by atoms with Gasteiger partial charge in [0.1, 0.15) is 5.75 Å². The van der Waals surface area contributed by atoms with Gasteiger partial charge in [0.2, 0.25) is 0 Å². The third-order valence-electron chi connectivity index (χ3n) is 5.03. The Hall–Kier alpha value is -1.06. The van der Waals surface area contributed by atoms with Gasteiger partial charge in [-0.2, -0.15) is 0 Å². The Morgan fingerprint density at radius 2 is 1.62 bits per heavy atom. The summed E-state index contributed by atoms with van der Waals surface area (Å²) < 4.78 is 5.22. The van der Waals surface area contributed by atoms with Gasteiger partial charge in [-0.25, -0.2) is 0 Å². The van der Waals surface area contributed by atoms with Crippen LogP contribution in [0.1, 0.15) is 37.7 Å². The molecule has 0 radical (unpaired) electrons. The van der Waals surface area contributed by atoms with E-state index < -0.39 is 0 Å². The third kappa shape index (κ3) is 3.98. The number of nitrogens with zero attached hydrogens (tertiary/aromatic N) is 2. The first-order valence-electron chi connectivity index (χ1n) is 8.44. The van der Waals surface area contributed by atoms with Gasteiger partial charge in [-0.1, -0.05) is 18.6 Å². The monoisotopic (exact) mass is 288 g/mol. The van der Waals surface area contributed by atoms with Crippen molar-refractivity contribution in [1.82, 2.24) is 9.80 Å². The molecule has 0 atom stereocenters. The molecule has 2 saturated heterocycles. The fraction of sp³-hybridized carbons (Fsp3) is 0.667. The normalized spacial score (nSPS) is 22.3. The first-order valence-corrected chi connectivity index (χ1v) is 8.44. The lowest BCUT2D eigenvalue weighted by Gasteiger charge is -2.40. The Morgan fingerprint density at radius 1 is 0.952 bits per heavy atom. The smallest absolute Gasteiger partial charge is 0.118 e. The highest BCUT2D eigenvalue weighted by molar-refractivity contribution is 5.27. The molecule has 116 valence electrons. The zero-order valence-electron chi connectivity index (χ0n) is 13.3. The molecule has 0 bridgehead atoms. The molecule has 0 N–H and O–H groups in total. The number of hydrogen-bond acceptors (Lipinski definition) is 3. The number of hydrogen-bond donors (Lipinski definition) is 0. The van der Waals surface area contributed by atoms with Gasteiger partial charge in [0.25, 0.3) is 0 Å². The summed E-state index contributed by atoms with van der Waals surface area (Å²) in [6, 6.07) is 9.36. The van der Waals surface area contributed by atoms with E-state index in [2.05, 4.69) is 34.1 Å². The van der Waals surface area contributed by atoms with Crippen LogP contribution >= 0.6 is 0 Å². The van der Waals surface area contributed by atoms with E-state index in [1.165, 1.54) is 63.8 Å². The number of piperidine rings is 2. The first-order chi connectivity index (χ1) is 10.3. The molecule has 2 fully saturated rings. The minimum Gasteiger partial charge on any atom is -0.497 e. The summed E-state index contributed by atoms with van der Waals surface area (Å²) in [5.41, 5.74) is 1.40. The molecule has 3 nitrogen and oxygen atoms in total. The van der Waals surface area contributed by atoms with E-state index in [4.69, 9.17) is 4.74 Å². The quantitative estimate of drug-likeness (QED) is 0.846. The van der Waals surface area contributed by atoms with Crippen molar-refractivity contribution in [3.63, 3.8) is 0 Å². The van der Waals surface area contributed by atoms with Crippen LogP contribution in [-0.2, 0) is 6.54 Å². The molecule has 2 aliphatic heterocycles. The number of ether oxygens (including phenoxy) is 1. The summed E-state index contributed by atoms with van der Waals surface area (Å²) in [7, 11) is 1.72. The number of rotatable bonds is 4. The zero-order chi connectivity index (χ0) is 14.5. The Kier molecular flexibility index (Phi) is 5.15. The van der Waals surface area contributed by atoms with Gasteiger partial charge in [-0.15, -0.1) is 0 Å². The Labute approximate surface area is 128 Å². The van der Waals surface area contributed by atoms with Gasteiger partial charge >= 0.3 is 0 Å². The standard InChI is InChI=1S/C18H28N2O/c1-21-18-7-5-16(6-8-18)15-19-13-9-17(10-14-19)20-11-3-2-4-12-20/h5-8,17H,2-4,9-15H2,1H3. The molecule has 0 spiro atoms. The molecular weight excluding hydrogens is 260 g/mol. The number of benzene rings is 1. The summed E-state index contributed by atoms with van der Waals surface area (Å²) in [6.07, 6.45) is 6.94. The lowest BCUT2D eigenvalue weighted by Crippen LogP contribution is -2.46. The van der Waals surface area contributed by atoms with Crippen LogP contribution in [0.15, 0.2) is 24.3 Å². The highest BCUT2D eigenvalue weighted by Gasteiger charge is 2.25. The average Bonchev–Trinajstić information content (AvgIpc) is 2.57. The molecule has 0 aromatic heterocycles. The highest BCUT2D eigenvalue weighted by atomic mass is 16.5. The van der Waals surface area contributed by atoms with E-state index in [0.29, 0.717) is 0 Å². The SMILES string of the molecule is COc1ccc(CN2CCC(N3CCCCC3)CC2)cc1. The fourth-order valence-corrected chi connectivity index (χ4v) is 3.72. The van der Waals surface area contributed by atoms with Gasteiger partial charge in [0.15, 0.2) is 0 Å². The third-order valence-corrected chi connectivity index (χ3v) is 5.03. The largest absolute Gasteiger partial charge is 0.497 e. The second kappa shape index (κ2) is 7.28. The summed E-state index contributed by atoms with van der Waals surface area (Å²) in [5.74, 6) is 0.947. The summed E-state index contributed by atoms with van der Waals surface area (Å²) in [4.78, 5) is 5.34. The van der Waals surface area contributed by atoms with Crippen LogP contribution in [0.2, 0.25) is 0 Å². The lowest BCUT2D eigenvalue weighted by molar-refractivity contribution is 0.0896. The van der Waals surface area contributed by atoms with Gasteiger partial charge < -0.3 is 9.64 Å². The molecule has 21 heavy (non-hydrogen) atoms. The Balaban J connectivity index is 1.46. The second-order valence-electron chi connectivity index (χ2n) is 6.45. The van der Waals surface area contributed by atoms with Crippen LogP contribution in [0.3, 0.4) is 0 Å². The summed E-state index contributed by atoms with van der Waals surface area (Å²) in [5, 5.41) is 0. The van der Waals surface area contributed by atoms with Gasteiger partial charge in [0, 0.05) is 12.6 Å². The van der Waals surface area contributed by atoms with E-state index in [0.717, 1.165) is 18.3 Å². The molecule has 1 aromatic carbocycles. The average molecular weight is 288 g/mol. The first kappa shape index (κ1) is 14.9. The predicted octanol–water partition coefficient (Wildman–Crippen LogP) is 3.15. The maximum atomic E-state index is 5.22. The van der Waals surface area contributed by atoms with Gasteiger partial charge in [-0.3, -0.25) is 4.90 Å². The van der Waals surface area contributed by atoms with Crippen molar-refractivity contribution in [3.05, 3.63) is 29.8 Å². The van der Waals surface area contributed by atoms with Crippen LogP contribution in [0, 0.1) is 0 Å². The fourth-order valence-electron chi connectivity index (χ4n) is 3.72. The van der Waals surface area contributed by atoms with Crippen LogP contribution in [-0.4, -0.2) is 49.1 Å². The molecule has 0 unspecified atom stereocenters. The molecule has 2 aliphatic rings. The summed E-state index contributed by atoms with van der Waals surface area (Å²) >= 11 is 0. The highest BCUT2D eigenvalue weighted by Crippen LogP contribution is 2.22. The minimum atomic E-state index is 0.845. The van der Waals surface area contributed by atoms with E-state index in [1.807, 2.05) is 0 Å². The summed E-state index contributed by atoms with van der Waals surface area (Å²) in [6.45, 7) is 6.24. The van der Waals surface area contributed by atoms with E-state index in [-0.39, 0.29) is 0 Å². The molecule has 0 saturated carbocycles. The topological polar surface area (TPSA) is 15.7 Å². The Morgan fingerprint density at radius 3 is 2.24 bits per heavy atom. The second-order valence-corrected chi connectivity index (χ2v) is 6.45. The maximum Gasteiger partial charge on any atom is 0.118 e. The van der Waals surface area contributed by atoms with Crippen molar-refractivity contribution in [2.45, 2.75) is 44.7 Å². The molecule has 3 rings (SSSR count). The van der Waals surface area contributed by atoms with Crippen LogP contribution in [0.25, 0.3) is 0 Å². The minimum absolute atomic E-state index is 0.845. The maximum absolute atomic E-state index is 5.22. The van der Waals surface area contributed by atoms with E-state index >= 15 is 0 Å². The van der Waals surface area contributed by atoms with Crippen LogP contribution in [0.4, 0.5) is 0 Å². The van der Waals surface area contributed by atoms with E-state index in [1.54, 1.807) is 7.11 Å². The number of likely N-dealkylation sites (tertiary alicyclic amines) is 2. The van der Waals surface area contributed by atoms with Crippen molar-refractivity contribution in [3.8, 4) is 5.75 Å². The van der Waals surface area contributed by atoms with Crippen molar-refractivity contribution >= 4 is 0 Å². The van der Waals surface area contributed by atoms with Crippen molar-refractivity contribution in [2.75, 3.05) is 33.3 Å². The molecule has 2 heterocycles.